The molecule has 3 aromatic rings. The van der Waals surface area contributed by atoms with E-state index < -0.39 is 29.8 Å². The van der Waals surface area contributed by atoms with Gasteiger partial charge in [-0.25, -0.2) is 9.97 Å². The van der Waals surface area contributed by atoms with E-state index >= 15 is 0 Å². The van der Waals surface area contributed by atoms with Crippen LogP contribution in [0.15, 0.2) is 36.8 Å². The first-order valence-electron chi connectivity index (χ1n) is 8.92. The van der Waals surface area contributed by atoms with Crippen LogP contribution in [-0.2, 0) is 0 Å². The maximum atomic E-state index is 11.1. The van der Waals surface area contributed by atoms with Gasteiger partial charge < -0.3 is 25.6 Å². The summed E-state index contributed by atoms with van der Waals surface area (Å²) in [6, 6.07) is 6.27. The van der Waals surface area contributed by atoms with Gasteiger partial charge >= 0.3 is 0 Å². The van der Waals surface area contributed by atoms with Crippen molar-refractivity contribution in [2.45, 2.75) is 30.8 Å². The number of hydrogen-bond donors (Lipinski definition) is 4. The quantitative estimate of drug-likeness (QED) is 0.516. The van der Waals surface area contributed by atoms with Crippen LogP contribution in [0.5, 0.6) is 0 Å². The number of nitrogen functional groups attached to an aromatic ring is 1. The van der Waals surface area contributed by atoms with Crippen molar-refractivity contribution in [1.82, 2.24) is 14.5 Å². The minimum Gasteiger partial charge on any atom is -0.390 e. The van der Waals surface area contributed by atoms with Gasteiger partial charge in [0.2, 0.25) is 0 Å². The van der Waals surface area contributed by atoms with Crippen molar-refractivity contribution in [2.75, 3.05) is 5.73 Å². The molecule has 0 amide bonds. The molecule has 28 heavy (non-hydrogen) atoms. The van der Waals surface area contributed by atoms with Crippen LogP contribution < -0.4 is 5.73 Å². The third-order valence-corrected chi connectivity index (χ3v) is 7.11. The number of nitrogens with zero attached hydrogens (tertiary/aromatic N) is 3. The summed E-state index contributed by atoms with van der Waals surface area (Å²) >= 11 is 12.1. The van der Waals surface area contributed by atoms with Gasteiger partial charge in [-0.15, -0.1) is 0 Å². The monoisotopic (exact) mass is 420 g/mol. The normalized spacial score (nSPS) is 32.5. The highest BCUT2D eigenvalue weighted by Crippen LogP contribution is 2.72. The van der Waals surface area contributed by atoms with Crippen LogP contribution in [0.25, 0.3) is 11.0 Å². The molecule has 9 heteroatoms. The second kappa shape index (κ2) is 6.05. The standard InChI is InChI=1S/C19H18Cl2N4O3/c20-11-2-1-8(5-12(11)21)15(27)19-6-10(19)13(14(26)16(19)28)25-4-3-9-17(22)23-7-24-18(9)25/h1-5,7,10,13-16,26-28H,6H2,(H2,22,23,24)/t10-,13-,14+,15?,16+,19-/m1/s1. The van der Waals surface area contributed by atoms with Crippen molar-refractivity contribution >= 4 is 40.1 Å². The number of hydrogen-bond acceptors (Lipinski definition) is 6. The molecule has 0 spiro atoms. The SMILES string of the molecule is Nc1ncnc2c1ccn2[C@H]1[C@H](O)[C@H](O)[C@]2(C(O)c3ccc(Cl)c(Cl)c3)C[C@H]12. The lowest BCUT2D eigenvalue weighted by Crippen LogP contribution is -2.36. The van der Waals surface area contributed by atoms with Gasteiger partial charge in [0.15, 0.2) is 0 Å². The number of aliphatic hydroxyl groups excluding tert-OH is 3. The first-order valence-corrected chi connectivity index (χ1v) is 9.68. The average Bonchev–Trinajstić information content (AvgIpc) is 3.20. The summed E-state index contributed by atoms with van der Waals surface area (Å²) in [7, 11) is 0. The fraction of sp³-hybridized carbons (Fsp3) is 0.368. The third-order valence-electron chi connectivity index (χ3n) is 6.37. The van der Waals surface area contributed by atoms with E-state index in [1.165, 1.54) is 6.33 Å². The molecular formula is C19H18Cl2N4O3. The summed E-state index contributed by atoms with van der Waals surface area (Å²) in [6.07, 6.45) is 0.597. The molecule has 2 fully saturated rings. The van der Waals surface area contributed by atoms with Gasteiger partial charge in [0, 0.05) is 11.6 Å². The maximum absolute atomic E-state index is 11.1. The first kappa shape index (κ1) is 18.1. The number of aromatic nitrogens is 3. The van der Waals surface area contributed by atoms with E-state index in [1.807, 2.05) is 4.57 Å². The average molecular weight is 421 g/mol. The van der Waals surface area contributed by atoms with Gasteiger partial charge in [-0.05, 0) is 36.1 Å². The molecular weight excluding hydrogens is 403 g/mol. The van der Waals surface area contributed by atoms with Crippen molar-refractivity contribution in [3.8, 4) is 0 Å². The molecule has 6 atom stereocenters. The molecule has 5 rings (SSSR count). The number of benzene rings is 1. The molecule has 1 aromatic carbocycles. The Labute approximate surface area is 170 Å². The van der Waals surface area contributed by atoms with Gasteiger partial charge in [-0.1, -0.05) is 29.3 Å². The molecule has 2 aliphatic carbocycles. The van der Waals surface area contributed by atoms with E-state index in [-0.39, 0.29) is 5.92 Å². The van der Waals surface area contributed by atoms with Crippen molar-refractivity contribution < 1.29 is 15.3 Å². The summed E-state index contributed by atoms with van der Waals surface area (Å²) in [5.74, 6) is 0.225. The van der Waals surface area contributed by atoms with Crippen molar-refractivity contribution in [1.29, 1.82) is 0 Å². The predicted molar refractivity (Wildman–Crippen MR) is 105 cm³/mol. The Morgan fingerprint density at radius 3 is 2.71 bits per heavy atom. The number of fused-ring (bicyclic) bond motifs is 2. The van der Waals surface area contributed by atoms with Crippen LogP contribution in [0.2, 0.25) is 10.0 Å². The number of aliphatic hydroxyl groups is 3. The van der Waals surface area contributed by atoms with Crippen molar-refractivity contribution in [3.05, 3.63) is 52.4 Å². The minimum absolute atomic E-state index is 0.131. The molecule has 2 heterocycles. The summed E-state index contributed by atoms with van der Waals surface area (Å²) in [4.78, 5) is 8.28. The second-order valence-corrected chi connectivity index (χ2v) is 8.46. The zero-order chi connectivity index (χ0) is 19.8. The molecule has 0 radical (unpaired) electrons. The van der Waals surface area contributed by atoms with Gasteiger partial charge in [0.25, 0.3) is 0 Å². The topological polar surface area (TPSA) is 117 Å². The maximum Gasteiger partial charge on any atom is 0.145 e. The van der Waals surface area contributed by atoms with Crippen LogP contribution in [0.1, 0.15) is 24.1 Å². The molecule has 0 bridgehead atoms. The van der Waals surface area contributed by atoms with Crippen LogP contribution in [-0.4, -0.2) is 42.1 Å². The molecule has 2 aliphatic rings. The fourth-order valence-corrected chi connectivity index (χ4v) is 5.21. The van der Waals surface area contributed by atoms with E-state index in [0.29, 0.717) is 38.9 Å². The Balaban J connectivity index is 1.54. The Hall–Kier alpha value is -1.90. The van der Waals surface area contributed by atoms with E-state index in [9.17, 15) is 15.3 Å². The van der Waals surface area contributed by atoms with Crippen LogP contribution in [0.3, 0.4) is 0 Å². The fourth-order valence-electron chi connectivity index (χ4n) is 4.90. The minimum atomic E-state index is -1.09. The third kappa shape index (κ3) is 2.28. The number of rotatable bonds is 3. The summed E-state index contributed by atoms with van der Waals surface area (Å²) < 4.78 is 1.82. The van der Waals surface area contributed by atoms with E-state index in [4.69, 9.17) is 28.9 Å². The lowest BCUT2D eigenvalue weighted by atomic mass is 9.88. The second-order valence-electron chi connectivity index (χ2n) is 7.64. The van der Waals surface area contributed by atoms with Crippen LogP contribution >= 0.6 is 23.2 Å². The Kier molecular flexibility index (Phi) is 3.92. The number of nitrogens with two attached hydrogens (primary N) is 1. The molecule has 0 aliphatic heterocycles. The Bertz CT molecular complexity index is 1090. The number of halogens is 2. The molecule has 5 N–H and O–H groups in total. The summed E-state index contributed by atoms with van der Waals surface area (Å²) in [5, 5.41) is 34.2. The zero-order valence-corrected chi connectivity index (χ0v) is 16.1. The van der Waals surface area contributed by atoms with Gasteiger partial charge in [-0.3, -0.25) is 0 Å². The van der Waals surface area contributed by atoms with E-state index in [0.717, 1.165) is 0 Å². The molecule has 0 saturated heterocycles. The lowest BCUT2D eigenvalue weighted by molar-refractivity contribution is -0.0558. The lowest BCUT2D eigenvalue weighted by Gasteiger charge is -2.27. The van der Waals surface area contributed by atoms with Gasteiger partial charge in [0.05, 0.1) is 33.7 Å². The van der Waals surface area contributed by atoms with E-state index in [1.54, 1.807) is 30.5 Å². The van der Waals surface area contributed by atoms with Crippen molar-refractivity contribution in [3.63, 3.8) is 0 Å². The summed E-state index contributed by atoms with van der Waals surface area (Å²) in [5.41, 5.74) is 6.22. The smallest absolute Gasteiger partial charge is 0.145 e. The molecule has 2 saturated carbocycles. The molecule has 1 unspecified atom stereocenters. The highest BCUT2D eigenvalue weighted by atomic mass is 35.5. The molecule has 7 nitrogen and oxygen atoms in total. The first-order chi connectivity index (χ1) is 13.4. The summed E-state index contributed by atoms with van der Waals surface area (Å²) in [6.45, 7) is 0. The van der Waals surface area contributed by atoms with Gasteiger partial charge in [0.1, 0.15) is 23.9 Å². The molecule has 2 aromatic heterocycles. The number of anilines is 1. The van der Waals surface area contributed by atoms with E-state index in [2.05, 4.69) is 9.97 Å². The highest BCUT2D eigenvalue weighted by molar-refractivity contribution is 6.42. The van der Waals surface area contributed by atoms with Crippen molar-refractivity contribution in [2.24, 2.45) is 11.3 Å². The zero-order valence-electron chi connectivity index (χ0n) is 14.6. The Morgan fingerprint density at radius 2 is 1.96 bits per heavy atom. The highest BCUT2D eigenvalue weighted by Gasteiger charge is 2.74. The van der Waals surface area contributed by atoms with Gasteiger partial charge in [-0.2, -0.15) is 0 Å². The predicted octanol–water partition coefficient (Wildman–Crippen LogP) is 2.34. The van der Waals surface area contributed by atoms with Crippen LogP contribution in [0, 0.1) is 11.3 Å². The largest absolute Gasteiger partial charge is 0.390 e. The molecule has 146 valence electrons. The van der Waals surface area contributed by atoms with Crippen LogP contribution in [0.4, 0.5) is 5.82 Å². The Morgan fingerprint density at radius 1 is 1.18 bits per heavy atom.